The molecule has 0 saturated carbocycles. The van der Waals surface area contributed by atoms with E-state index in [1.54, 1.807) is 17.7 Å². The fourth-order valence-corrected chi connectivity index (χ4v) is 3.35. The zero-order valence-corrected chi connectivity index (χ0v) is 18.5. The first kappa shape index (κ1) is 22.5. The zero-order chi connectivity index (χ0) is 22.4. The summed E-state index contributed by atoms with van der Waals surface area (Å²) in [5, 5.41) is 3.00. The van der Waals surface area contributed by atoms with Crippen LogP contribution in [0, 0.1) is 5.92 Å². The normalized spacial score (nSPS) is 12.2. The van der Waals surface area contributed by atoms with Crippen LogP contribution in [0.2, 0.25) is 0 Å². The highest BCUT2D eigenvalue weighted by molar-refractivity contribution is 5.76. The molecule has 7 heteroatoms. The third-order valence-electron chi connectivity index (χ3n) is 5.00. The van der Waals surface area contributed by atoms with Gasteiger partial charge in [0.05, 0.1) is 25.3 Å². The highest BCUT2D eigenvalue weighted by atomic mass is 16.5. The van der Waals surface area contributed by atoms with Crippen LogP contribution in [0.25, 0.3) is 11.1 Å². The molecule has 2 aromatic carbocycles. The van der Waals surface area contributed by atoms with Gasteiger partial charge in [0.2, 0.25) is 5.91 Å². The number of oxazole rings is 1. The summed E-state index contributed by atoms with van der Waals surface area (Å²) in [6.07, 6.45) is 0.844. The molecule has 0 aliphatic rings. The highest BCUT2D eigenvalue weighted by Crippen LogP contribution is 2.30. The van der Waals surface area contributed by atoms with Crippen molar-refractivity contribution >= 4 is 17.0 Å². The Hall–Kier alpha value is -3.22. The largest absolute Gasteiger partial charge is 0.493 e. The molecule has 1 N–H and O–H groups in total. The van der Waals surface area contributed by atoms with Gasteiger partial charge in [-0.3, -0.25) is 9.36 Å². The second-order valence-corrected chi connectivity index (χ2v) is 8.00. The van der Waals surface area contributed by atoms with Gasteiger partial charge in [0, 0.05) is 13.0 Å². The Morgan fingerprint density at radius 1 is 1.13 bits per heavy atom. The minimum absolute atomic E-state index is 0.0764. The van der Waals surface area contributed by atoms with Gasteiger partial charge < -0.3 is 19.2 Å². The molecular formula is C24H30N2O5. The quantitative estimate of drug-likeness (QED) is 0.523. The predicted octanol–water partition coefficient (Wildman–Crippen LogP) is 4.30. The maximum atomic E-state index is 12.4. The Balaban J connectivity index is 1.55. The highest BCUT2D eigenvalue weighted by Gasteiger charge is 2.14. The molecule has 3 rings (SSSR count). The molecule has 3 aromatic rings. The number of hydrogen-bond donors (Lipinski definition) is 1. The van der Waals surface area contributed by atoms with Crippen molar-refractivity contribution in [3.05, 3.63) is 58.6 Å². The number of carbonyl (C=O) groups is 1. The number of rotatable bonds is 10. The van der Waals surface area contributed by atoms with E-state index in [9.17, 15) is 9.59 Å². The lowest BCUT2D eigenvalue weighted by atomic mass is 10.1. The Kier molecular flexibility index (Phi) is 7.39. The van der Waals surface area contributed by atoms with Crippen molar-refractivity contribution in [2.45, 2.75) is 46.2 Å². The van der Waals surface area contributed by atoms with E-state index in [2.05, 4.69) is 19.2 Å². The standard InChI is InChI=1S/C24H30N2O5/c1-16(2)15-30-21-12-11-18(14-22(21)29-4)17(3)25-23(27)10-7-13-26-19-8-5-6-9-20(19)31-24(26)28/h5-6,8-9,11-12,14,16-17H,7,10,13,15H2,1-4H3,(H,25,27). The minimum Gasteiger partial charge on any atom is -0.493 e. The van der Waals surface area contributed by atoms with Gasteiger partial charge in [0.15, 0.2) is 17.1 Å². The van der Waals surface area contributed by atoms with Gasteiger partial charge in [-0.05, 0) is 49.1 Å². The monoisotopic (exact) mass is 426 g/mol. The smallest absolute Gasteiger partial charge is 0.419 e. The molecule has 1 atom stereocenters. The summed E-state index contributed by atoms with van der Waals surface area (Å²) in [4.78, 5) is 24.4. The average molecular weight is 427 g/mol. The summed E-state index contributed by atoms with van der Waals surface area (Å²) in [7, 11) is 1.60. The molecule has 1 unspecified atom stereocenters. The number of nitrogens with one attached hydrogen (secondary N) is 1. The van der Waals surface area contributed by atoms with Gasteiger partial charge in [0.1, 0.15) is 0 Å². The Labute approximate surface area is 182 Å². The van der Waals surface area contributed by atoms with Crippen LogP contribution in [0.4, 0.5) is 0 Å². The number of hydrogen-bond acceptors (Lipinski definition) is 5. The van der Waals surface area contributed by atoms with E-state index < -0.39 is 5.76 Å². The molecular weight excluding hydrogens is 396 g/mol. The number of para-hydroxylation sites is 2. The SMILES string of the molecule is COc1cc(C(C)NC(=O)CCCn2c(=O)oc3ccccc32)ccc1OCC(C)C. The summed E-state index contributed by atoms with van der Waals surface area (Å²) in [5.74, 6) is 1.27. The lowest BCUT2D eigenvalue weighted by Crippen LogP contribution is -2.27. The van der Waals surface area contributed by atoms with Crippen LogP contribution in [-0.4, -0.2) is 24.2 Å². The molecule has 0 aliphatic carbocycles. The van der Waals surface area contributed by atoms with Gasteiger partial charge in [0.25, 0.3) is 0 Å². The summed E-state index contributed by atoms with van der Waals surface area (Å²) in [5.41, 5.74) is 2.23. The molecule has 1 amide bonds. The van der Waals surface area contributed by atoms with E-state index >= 15 is 0 Å². The Bertz CT molecular complexity index is 1080. The number of fused-ring (bicyclic) bond motifs is 1. The molecule has 7 nitrogen and oxygen atoms in total. The van der Waals surface area contributed by atoms with E-state index in [4.69, 9.17) is 13.9 Å². The zero-order valence-electron chi connectivity index (χ0n) is 18.5. The van der Waals surface area contributed by atoms with Crippen molar-refractivity contribution in [1.82, 2.24) is 9.88 Å². The molecule has 1 aromatic heterocycles. The number of methoxy groups -OCH3 is 1. The summed E-state index contributed by atoms with van der Waals surface area (Å²) >= 11 is 0. The van der Waals surface area contributed by atoms with Crippen LogP contribution in [0.5, 0.6) is 11.5 Å². The molecule has 0 spiro atoms. The average Bonchev–Trinajstić information content (AvgIpc) is 3.07. The first-order chi connectivity index (χ1) is 14.9. The molecule has 1 heterocycles. The van der Waals surface area contributed by atoms with Crippen molar-refractivity contribution in [3.8, 4) is 11.5 Å². The number of nitrogens with zero attached hydrogens (tertiary/aromatic N) is 1. The first-order valence-electron chi connectivity index (χ1n) is 10.6. The number of carbonyl (C=O) groups excluding carboxylic acids is 1. The van der Waals surface area contributed by atoms with Crippen LogP contribution in [-0.2, 0) is 11.3 Å². The topological polar surface area (TPSA) is 82.7 Å². The van der Waals surface area contributed by atoms with Gasteiger partial charge >= 0.3 is 5.76 Å². The fraction of sp³-hybridized carbons (Fsp3) is 0.417. The van der Waals surface area contributed by atoms with Crippen LogP contribution in [0.3, 0.4) is 0 Å². The first-order valence-corrected chi connectivity index (χ1v) is 10.6. The van der Waals surface area contributed by atoms with Crippen LogP contribution >= 0.6 is 0 Å². The molecule has 0 fully saturated rings. The van der Waals surface area contributed by atoms with Crippen LogP contribution < -0.4 is 20.5 Å². The number of aromatic nitrogens is 1. The van der Waals surface area contributed by atoms with Crippen molar-refractivity contribution in [2.75, 3.05) is 13.7 Å². The maximum absolute atomic E-state index is 12.4. The van der Waals surface area contributed by atoms with E-state index in [0.717, 1.165) is 11.1 Å². The van der Waals surface area contributed by atoms with E-state index in [-0.39, 0.29) is 11.9 Å². The lowest BCUT2D eigenvalue weighted by molar-refractivity contribution is -0.121. The Morgan fingerprint density at radius 2 is 1.90 bits per heavy atom. The third-order valence-corrected chi connectivity index (χ3v) is 5.00. The molecule has 0 bridgehead atoms. The van der Waals surface area contributed by atoms with Crippen molar-refractivity contribution in [1.29, 1.82) is 0 Å². The predicted molar refractivity (Wildman–Crippen MR) is 120 cm³/mol. The van der Waals surface area contributed by atoms with E-state index in [1.165, 1.54) is 0 Å². The summed E-state index contributed by atoms with van der Waals surface area (Å²) < 4.78 is 18.0. The summed E-state index contributed by atoms with van der Waals surface area (Å²) in [6, 6.07) is 12.8. The van der Waals surface area contributed by atoms with Crippen molar-refractivity contribution in [2.24, 2.45) is 5.92 Å². The second kappa shape index (κ2) is 10.2. The minimum atomic E-state index is -0.401. The van der Waals surface area contributed by atoms with Gasteiger partial charge in [-0.2, -0.15) is 0 Å². The van der Waals surface area contributed by atoms with Gasteiger partial charge in [-0.15, -0.1) is 0 Å². The van der Waals surface area contributed by atoms with E-state index in [0.29, 0.717) is 49.0 Å². The molecule has 166 valence electrons. The number of aryl methyl sites for hydroxylation is 1. The summed E-state index contributed by atoms with van der Waals surface area (Å²) in [6.45, 7) is 7.13. The number of ether oxygens (including phenoxy) is 2. The van der Waals surface area contributed by atoms with Crippen molar-refractivity contribution < 1.29 is 18.7 Å². The maximum Gasteiger partial charge on any atom is 0.419 e. The Morgan fingerprint density at radius 3 is 2.65 bits per heavy atom. The van der Waals surface area contributed by atoms with Crippen molar-refractivity contribution in [3.63, 3.8) is 0 Å². The van der Waals surface area contributed by atoms with E-state index in [1.807, 2.05) is 43.3 Å². The number of amides is 1. The molecule has 0 saturated heterocycles. The second-order valence-electron chi connectivity index (χ2n) is 8.00. The molecule has 0 aliphatic heterocycles. The van der Waals surface area contributed by atoms with Gasteiger partial charge in [-0.1, -0.05) is 32.0 Å². The van der Waals surface area contributed by atoms with Crippen LogP contribution in [0.15, 0.2) is 51.7 Å². The lowest BCUT2D eigenvalue weighted by Gasteiger charge is -2.18. The fourth-order valence-electron chi connectivity index (χ4n) is 3.35. The van der Waals surface area contributed by atoms with Crippen LogP contribution in [0.1, 0.15) is 45.2 Å². The third kappa shape index (κ3) is 5.69. The molecule has 31 heavy (non-hydrogen) atoms. The molecule has 0 radical (unpaired) electrons. The van der Waals surface area contributed by atoms with Gasteiger partial charge in [-0.25, -0.2) is 4.79 Å². The number of benzene rings is 2.